The molecule has 102 valence electrons. The Bertz CT molecular complexity index is 543. The summed E-state index contributed by atoms with van der Waals surface area (Å²) in [6.07, 6.45) is 1.88. The molecule has 0 spiro atoms. The summed E-state index contributed by atoms with van der Waals surface area (Å²) in [5.41, 5.74) is 1.70. The Morgan fingerprint density at radius 1 is 1.26 bits per heavy atom. The molecule has 0 radical (unpaired) electrons. The number of H-pyrrole nitrogens is 1. The molecule has 2 aromatic rings. The minimum absolute atomic E-state index is 0.0105. The number of fused-ring (bicyclic) bond motifs is 1. The van der Waals surface area contributed by atoms with Crippen LogP contribution in [-0.2, 0) is 0 Å². The number of nitrogens with zero attached hydrogens (tertiary/aromatic N) is 1. The average molecular weight is 259 g/mol. The monoisotopic (exact) mass is 259 g/mol. The molecule has 0 atom stereocenters. The van der Waals surface area contributed by atoms with E-state index in [0.29, 0.717) is 12.1 Å². The van der Waals surface area contributed by atoms with Gasteiger partial charge < -0.3 is 15.2 Å². The number of nitrogens with one attached hydrogen (secondary N) is 2. The summed E-state index contributed by atoms with van der Waals surface area (Å²) < 4.78 is 0. The molecule has 4 nitrogen and oxygen atoms in total. The minimum Gasteiger partial charge on any atom is -0.361 e. The summed E-state index contributed by atoms with van der Waals surface area (Å²) >= 11 is 0. The average Bonchev–Trinajstić information content (AvgIpc) is 2.90. The smallest absolute Gasteiger partial charge is 0.251 e. The van der Waals surface area contributed by atoms with Gasteiger partial charge in [-0.1, -0.05) is 19.9 Å². The van der Waals surface area contributed by atoms with Crippen LogP contribution in [0.5, 0.6) is 0 Å². The lowest BCUT2D eigenvalue weighted by atomic mass is 10.1. The van der Waals surface area contributed by atoms with E-state index in [-0.39, 0.29) is 5.91 Å². The highest BCUT2D eigenvalue weighted by atomic mass is 16.1. The second kappa shape index (κ2) is 6.38. The summed E-state index contributed by atoms with van der Waals surface area (Å²) in [6, 6.07) is 7.72. The van der Waals surface area contributed by atoms with Crippen molar-refractivity contribution in [1.29, 1.82) is 0 Å². The van der Waals surface area contributed by atoms with E-state index in [1.807, 2.05) is 30.5 Å². The van der Waals surface area contributed by atoms with Gasteiger partial charge in [-0.05, 0) is 36.7 Å². The minimum atomic E-state index is -0.0105. The zero-order chi connectivity index (χ0) is 13.7. The second-order valence-electron chi connectivity index (χ2n) is 4.56. The van der Waals surface area contributed by atoms with Gasteiger partial charge in [0.25, 0.3) is 5.91 Å². The summed E-state index contributed by atoms with van der Waals surface area (Å²) in [5, 5.41) is 4.09. The van der Waals surface area contributed by atoms with Crippen LogP contribution in [0.2, 0.25) is 0 Å². The molecule has 19 heavy (non-hydrogen) atoms. The molecule has 1 heterocycles. The molecule has 4 heteroatoms. The van der Waals surface area contributed by atoms with Gasteiger partial charge in [-0.15, -0.1) is 0 Å². The number of hydrogen-bond acceptors (Lipinski definition) is 2. The molecule has 1 amide bonds. The Balaban J connectivity index is 1.92. The zero-order valence-corrected chi connectivity index (χ0v) is 11.6. The van der Waals surface area contributed by atoms with Gasteiger partial charge in [0.1, 0.15) is 0 Å². The highest BCUT2D eigenvalue weighted by Gasteiger charge is 2.07. The number of aromatic nitrogens is 1. The second-order valence-corrected chi connectivity index (χ2v) is 4.56. The molecule has 0 unspecified atom stereocenters. The Labute approximate surface area is 113 Å². The van der Waals surface area contributed by atoms with Crippen molar-refractivity contribution in [2.75, 3.05) is 26.2 Å². The van der Waals surface area contributed by atoms with Gasteiger partial charge in [-0.3, -0.25) is 4.79 Å². The maximum atomic E-state index is 12.0. The maximum absolute atomic E-state index is 12.0. The zero-order valence-electron chi connectivity index (χ0n) is 11.6. The molecule has 0 aliphatic heterocycles. The number of amides is 1. The molecule has 2 N–H and O–H groups in total. The van der Waals surface area contributed by atoms with Gasteiger partial charge in [0.05, 0.1) is 0 Å². The molecule has 0 saturated carbocycles. The third kappa shape index (κ3) is 3.35. The number of hydrogen-bond donors (Lipinski definition) is 2. The maximum Gasteiger partial charge on any atom is 0.251 e. The molecular weight excluding hydrogens is 238 g/mol. The lowest BCUT2D eigenvalue weighted by molar-refractivity contribution is 0.0949. The van der Waals surface area contributed by atoms with Crippen molar-refractivity contribution in [1.82, 2.24) is 15.2 Å². The van der Waals surface area contributed by atoms with Crippen LogP contribution in [0.4, 0.5) is 0 Å². The number of likely N-dealkylation sites (N-methyl/N-ethyl adjacent to an activating group) is 1. The molecular formula is C15H21N3O. The molecule has 1 aromatic carbocycles. The van der Waals surface area contributed by atoms with Crippen molar-refractivity contribution in [3.05, 3.63) is 36.0 Å². The van der Waals surface area contributed by atoms with Crippen LogP contribution in [0.25, 0.3) is 10.9 Å². The number of carbonyl (C=O) groups is 1. The van der Waals surface area contributed by atoms with Crippen molar-refractivity contribution >= 4 is 16.8 Å². The van der Waals surface area contributed by atoms with Crippen LogP contribution in [0.15, 0.2) is 30.5 Å². The molecule has 0 aliphatic rings. The highest BCUT2D eigenvalue weighted by molar-refractivity contribution is 5.97. The lowest BCUT2D eigenvalue weighted by Gasteiger charge is -2.17. The SMILES string of the molecule is CCN(CC)CCNC(=O)c1ccc2cc[nH]c2c1. The normalized spacial score (nSPS) is 11.1. The first kappa shape index (κ1) is 13.6. The van der Waals surface area contributed by atoms with Gasteiger partial charge in [-0.2, -0.15) is 0 Å². The van der Waals surface area contributed by atoms with E-state index in [1.54, 1.807) is 0 Å². The van der Waals surface area contributed by atoms with Crippen molar-refractivity contribution < 1.29 is 4.79 Å². The van der Waals surface area contributed by atoms with Crippen LogP contribution < -0.4 is 5.32 Å². The number of rotatable bonds is 6. The van der Waals surface area contributed by atoms with E-state index < -0.39 is 0 Å². The molecule has 0 saturated heterocycles. The van der Waals surface area contributed by atoms with Crippen LogP contribution in [-0.4, -0.2) is 42.0 Å². The van der Waals surface area contributed by atoms with Gasteiger partial charge in [0, 0.05) is 30.4 Å². The van der Waals surface area contributed by atoms with E-state index in [1.165, 1.54) is 0 Å². The predicted molar refractivity (Wildman–Crippen MR) is 78.4 cm³/mol. The van der Waals surface area contributed by atoms with Gasteiger partial charge in [0.15, 0.2) is 0 Å². The third-order valence-electron chi connectivity index (χ3n) is 3.43. The van der Waals surface area contributed by atoms with E-state index in [2.05, 4.69) is 29.0 Å². The van der Waals surface area contributed by atoms with Crippen molar-refractivity contribution in [3.8, 4) is 0 Å². The van der Waals surface area contributed by atoms with Crippen molar-refractivity contribution in [2.24, 2.45) is 0 Å². The third-order valence-corrected chi connectivity index (χ3v) is 3.43. The van der Waals surface area contributed by atoms with Crippen LogP contribution in [0, 0.1) is 0 Å². The number of aromatic amines is 1. The predicted octanol–water partition coefficient (Wildman–Crippen LogP) is 2.24. The number of carbonyl (C=O) groups excluding carboxylic acids is 1. The Morgan fingerprint density at radius 3 is 2.79 bits per heavy atom. The van der Waals surface area contributed by atoms with Gasteiger partial charge in [0.2, 0.25) is 0 Å². The Hall–Kier alpha value is -1.81. The topological polar surface area (TPSA) is 48.1 Å². The fourth-order valence-electron chi connectivity index (χ4n) is 2.16. The van der Waals surface area contributed by atoms with E-state index in [4.69, 9.17) is 0 Å². The standard InChI is InChI=1S/C15H21N3O/c1-3-18(4-2)10-9-17-15(19)13-6-5-12-7-8-16-14(12)11-13/h5-8,11,16H,3-4,9-10H2,1-2H3,(H,17,19). The summed E-state index contributed by atoms with van der Waals surface area (Å²) in [4.78, 5) is 17.4. The lowest BCUT2D eigenvalue weighted by Crippen LogP contribution is -2.34. The van der Waals surface area contributed by atoms with E-state index in [9.17, 15) is 4.79 Å². The van der Waals surface area contributed by atoms with Gasteiger partial charge in [-0.25, -0.2) is 0 Å². The first-order chi connectivity index (χ1) is 9.24. The first-order valence-electron chi connectivity index (χ1n) is 6.82. The van der Waals surface area contributed by atoms with E-state index >= 15 is 0 Å². The molecule has 0 bridgehead atoms. The van der Waals surface area contributed by atoms with Crippen LogP contribution in [0.1, 0.15) is 24.2 Å². The summed E-state index contributed by atoms with van der Waals surface area (Å²) in [7, 11) is 0. The van der Waals surface area contributed by atoms with E-state index in [0.717, 1.165) is 30.5 Å². The largest absolute Gasteiger partial charge is 0.361 e. The van der Waals surface area contributed by atoms with Crippen LogP contribution >= 0.6 is 0 Å². The van der Waals surface area contributed by atoms with Gasteiger partial charge >= 0.3 is 0 Å². The number of benzene rings is 1. The quantitative estimate of drug-likeness (QED) is 0.836. The van der Waals surface area contributed by atoms with Crippen LogP contribution in [0.3, 0.4) is 0 Å². The molecule has 1 aromatic heterocycles. The summed E-state index contributed by atoms with van der Waals surface area (Å²) in [6.45, 7) is 7.86. The summed E-state index contributed by atoms with van der Waals surface area (Å²) in [5.74, 6) is -0.0105. The molecule has 0 aliphatic carbocycles. The Kier molecular flexibility index (Phi) is 4.58. The van der Waals surface area contributed by atoms with Crippen molar-refractivity contribution in [3.63, 3.8) is 0 Å². The van der Waals surface area contributed by atoms with Crippen molar-refractivity contribution in [2.45, 2.75) is 13.8 Å². The highest BCUT2D eigenvalue weighted by Crippen LogP contribution is 2.13. The fraction of sp³-hybridized carbons (Fsp3) is 0.400. The first-order valence-corrected chi connectivity index (χ1v) is 6.82. The fourth-order valence-corrected chi connectivity index (χ4v) is 2.16. The molecule has 0 fully saturated rings. The Morgan fingerprint density at radius 2 is 2.05 bits per heavy atom. The molecule has 2 rings (SSSR count).